The van der Waals surface area contributed by atoms with Crippen LogP contribution in [0.5, 0.6) is 0 Å². The van der Waals surface area contributed by atoms with Crippen molar-refractivity contribution in [3.8, 4) is 0 Å². The Bertz CT molecular complexity index is 686. The van der Waals surface area contributed by atoms with Crippen LogP contribution in [0.1, 0.15) is 6.92 Å². The fourth-order valence-electron chi connectivity index (χ4n) is 1.68. The molecule has 2 rings (SSSR count). The third kappa shape index (κ3) is 3.55. The zero-order valence-corrected chi connectivity index (χ0v) is 16.2. The number of hydrogen-bond donors (Lipinski definition) is 1. The van der Waals surface area contributed by atoms with Crippen molar-refractivity contribution in [3.63, 3.8) is 0 Å². The Morgan fingerprint density at radius 1 is 1.24 bits per heavy atom. The summed E-state index contributed by atoms with van der Waals surface area (Å²) in [6.07, 6.45) is 0. The summed E-state index contributed by atoms with van der Waals surface area (Å²) < 4.78 is 24.9. The second kappa shape index (κ2) is 6.07. The van der Waals surface area contributed by atoms with E-state index in [9.17, 15) is 13.2 Å². The van der Waals surface area contributed by atoms with Crippen molar-refractivity contribution in [1.29, 1.82) is 0 Å². The number of anilines is 1. The van der Waals surface area contributed by atoms with Crippen molar-refractivity contribution in [2.45, 2.75) is 14.4 Å². The summed E-state index contributed by atoms with van der Waals surface area (Å²) in [5.74, 6) is -0.459. The molecule has 0 fully saturated rings. The fraction of sp³-hybridized carbons (Fsp3) is 0.273. The van der Waals surface area contributed by atoms with Crippen LogP contribution in [0.2, 0.25) is 0 Å². The van der Waals surface area contributed by atoms with Gasteiger partial charge in [-0.15, -0.1) is 0 Å². The lowest BCUT2D eigenvalue weighted by atomic mass is 10.2. The van der Waals surface area contributed by atoms with Crippen molar-refractivity contribution in [2.75, 3.05) is 5.01 Å². The number of nitrogens with zero attached hydrogens (tertiary/aromatic N) is 2. The van der Waals surface area contributed by atoms with Crippen LogP contribution in [-0.4, -0.2) is 27.6 Å². The van der Waals surface area contributed by atoms with Crippen molar-refractivity contribution in [2.24, 2.45) is 5.10 Å². The average molecular weight is 504 g/mol. The van der Waals surface area contributed by atoms with E-state index >= 15 is 0 Å². The first kappa shape index (κ1) is 17.1. The first-order chi connectivity index (χ1) is 9.63. The first-order valence-corrected chi connectivity index (χ1v) is 9.52. The predicted molar refractivity (Wildman–Crippen MR) is 92.4 cm³/mol. The van der Waals surface area contributed by atoms with E-state index in [1.165, 1.54) is 5.01 Å². The van der Waals surface area contributed by atoms with Gasteiger partial charge in [-0.25, -0.2) is 8.42 Å². The van der Waals surface area contributed by atoms with Gasteiger partial charge in [0.25, 0.3) is 5.91 Å². The topological polar surface area (TPSA) is 78.8 Å². The quantitative estimate of drug-likeness (QED) is 0.644. The molecule has 1 N–H and O–H groups in total. The second-order valence-electron chi connectivity index (χ2n) is 4.23. The first-order valence-electron chi connectivity index (χ1n) is 5.66. The van der Waals surface area contributed by atoms with E-state index in [1.807, 2.05) is 6.07 Å². The number of hydrazone groups is 1. The third-order valence-corrected chi connectivity index (χ3v) is 7.70. The Balaban J connectivity index is 2.26. The van der Waals surface area contributed by atoms with E-state index in [1.54, 1.807) is 31.2 Å². The molecule has 10 heteroatoms. The summed E-state index contributed by atoms with van der Waals surface area (Å²) >= 11 is 8.78. The average Bonchev–Trinajstić information content (AvgIpc) is 2.66. The molecule has 0 saturated carbocycles. The molecule has 0 bridgehead atoms. The highest BCUT2D eigenvalue weighted by molar-refractivity contribution is 9.42. The smallest absolute Gasteiger partial charge is 0.270 e. The fourth-order valence-corrected chi connectivity index (χ4v) is 3.23. The monoisotopic (exact) mass is 501 g/mol. The van der Waals surface area contributed by atoms with Gasteiger partial charge in [0.15, 0.2) is 0 Å². The molecular weight excluding hydrogens is 494 g/mol. The molecule has 1 atom stereocenters. The minimum atomic E-state index is -3.88. The van der Waals surface area contributed by atoms with Crippen LogP contribution in [0.3, 0.4) is 0 Å². The van der Waals surface area contributed by atoms with Gasteiger partial charge in [0.2, 0.25) is 11.5 Å². The lowest BCUT2D eigenvalue weighted by Crippen LogP contribution is -2.48. The number of alkyl halides is 3. The summed E-state index contributed by atoms with van der Waals surface area (Å²) in [7, 11) is -3.88. The molecule has 6 nitrogen and oxygen atoms in total. The number of carbonyl (C=O) groups is 1. The van der Waals surface area contributed by atoms with Gasteiger partial charge < -0.3 is 0 Å². The molecule has 0 radical (unpaired) electrons. The molecule has 0 aromatic heterocycles. The highest BCUT2D eigenvalue weighted by Crippen LogP contribution is 2.39. The highest BCUT2D eigenvalue weighted by atomic mass is 80.0. The van der Waals surface area contributed by atoms with Gasteiger partial charge in [0.05, 0.1) is 11.4 Å². The minimum Gasteiger partial charge on any atom is -0.270 e. The van der Waals surface area contributed by atoms with E-state index in [2.05, 4.69) is 57.6 Å². The largest absolute Gasteiger partial charge is 0.271 e. The Morgan fingerprint density at radius 3 is 2.33 bits per heavy atom. The molecule has 1 aromatic rings. The number of amides is 1. The lowest BCUT2D eigenvalue weighted by molar-refractivity contribution is -0.118. The van der Waals surface area contributed by atoms with Gasteiger partial charge in [-0.1, -0.05) is 18.2 Å². The van der Waals surface area contributed by atoms with Gasteiger partial charge in [-0.2, -0.15) is 14.8 Å². The van der Waals surface area contributed by atoms with Gasteiger partial charge in [-0.05, 0) is 66.8 Å². The standard InChI is InChI=1S/C11H10Br3N3O3S/c1-7-9(16-21(19,20)11(12,13)14)10(18)17(15-7)8-5-3-2-4-6-8/h2-6,9,16H,1H3. The molecule has 0 saturated heterocycles. The Kier molecular flexibility index (Phi) is 4.94. The van der Waals surface area contributed by atoms with Gasteiger partial charge >= 0.3 is 0 Å². The molecule has 1 aliphatic rings. The predicted octanol–water partition coefficient (Wildman–Crippen LogP) is 2.49. The summed E-state index contributed by atoms with van der Waals surface area (Å²) in [4.78, 5) is 12.4. The number of para-hydroxylation sites is 1. The maximum atomic E-state index is 12.4. The van der Waals surface area contributed by atoms with Gasteiger partial charge in [0.1, 0.15) is 6.04 Å². The van der Waals surface area contributed by atoms with Gasteiger partial charge in [-0.3, -0.25) is 4.79 Å². The molecule has 1 aromatic carbocycles. The number of benzene rings is 1. The molecule has 0 aliphatic carbocycles. The maximum Gasteiger partial charge on any atom is 0.271 e. The molecular formula is C11H10Br3N3O3S. The number of sulfonamides is 1. The zero-order chi connectivity index (χ0) is 15.8. The number of rotatable bonds is 3. The van der Waals surface area contributed by atoms with Crippen molar-refractivity contribution < 1.29 is 13.2 Å². The highest BCUT2D eigenvalue weighted by Gasteiger charge is 2.43. The number of hydrogen-bond acceptors (Lipinski definition) is 4. The van der Waals surface area contributed by atoms with Crippen LogP contribution < -0.4 is 9.73 Å². The molecule has 21 heavy (non-hydrogen) atoms. The molecule has 1 unspecified atom stereocenters. The second-order valence-corrected chi connectivity index (χ2v) is 14.4. The van der Waals surface area contributed by atoms with Crippen LogP contribution in [0, 0.1) is 0 Å². The van der Waals surface area contributed by atoms with E-state index in [4.69, 9.17) is 0 Å². The van der Waals surface area contributed by atoms with E-state index in [0.29, 0.717) is 11.4 Å². The molecule has 114 valence electrons. The normalized spacial score (nSPS) is 19.8. The van der Waals surface area contributed by atoms with Crippen LogP contribution in [0.25, 0.3) is 0 Å². The Hall–Kier alpha value is -0.290. The summed E-state index contributed by atoms with van der Waals surface area (Å²) in [5, 5.41) is 5.30. The van der Waals surface area contributed by atoms with Crippen molar-refractivity contribution in [3.05, 3.63) is 30.3 Å². The number of carbonyl (C=O) groups excluding carboxylic acids is 1. The molecule has 1 heterocycles. The van der Waals surface area contributed by atoms with E-state index < -0.39 is 23.4 Å². The molecule has 1 amide bonds. The number of nitrogens with one attached hydrogen (secondary N) is 1. The van der Waals surface area contributed by atoms with E-state index in [0.717, 1.165) is 0 Å². The van der Waals surface area contributed by atoms with E-state index in [-0.39, 0.29) is 0 Å². The minimum absolute atomic E-state index is 0.365. The summed E-state index contributed by atoms with van der Waals surface area (Å²) in [6.45, 7) is 1.59. The third-order valence-electron chi connectivity index (χ3n) is 2.71. The van der Waals surface area contributed by atoms with Crippen LogP contribution >= 0.6 is 47.8 Å². The van der Waals surface area contributed by atoms with Crippen molar-refractivity contribution >= 4 is 75.1 Å². The Labute approximate surface area is 147 Å². The van der Waals surface area contributed by atoms with Crippen LogP contribution in [-0.2, 0) is 14.8 Å². The Morgan fingerprint density at radius 2 is 1.81 bits per heavy atom. The summed E-state index contributed by atoms with van der Waals surface area (Å²) in [5.41, 5.74) is 0.940. The molecule has 1 aliphatic heterocycles. The van der Waals surface area contributed by atoms with Crippen LogP contribution in [0.4, 0.5) is 5.69 Å². The zero-order valence-electron chi connectivity index (χ0n) is 10.6. The van der Waals surface area contributed by atoms with Crippen LogP contribution in [0.15, 0.2) is 35.4 Å². The number of halogens is 3. The van der Waals surface area contributed by atoms with Crippen molar-refractivity contribution in [1.82, 2.24) is 4.72 Å². The lowest BCUT2D eigenvalue weighted by Gasteiger charge is -2.19. The maximum absolute atomic E-state index is 12.4. The summed E-state index contributed by atoms with van der Waals surface area (Å²) in [6, 6.07) is 7.75. The molecule has 0 spiro atoms. The SMILES string of the molecule is CC1=NN(c2ccccc2)C(=O)C1NS(=O)(=O)C(Br)(Br)Br. The van der Waals surface area contributed by atoms with Gasteiger partial charge in [0, 0.05) is 0 Å².